The summed E-state index contributed by atoms with van der Waals surface area (Å²) >= 11 is 0. The quantitative estimate of drug-likeness (QED) is 0.0403. The van der Waals surface area contributed by atoms with Crippen LogP contribution >= 0.6 is 0 Å². The second kappa shape index (κ2) is 41.5. The Balaban J connectivity index is 3.45. The van der Waals surface area contributed by atoms with E-state index < -0.39 is 6.10 Å². The van der Waals surface area contributed by atoms with E-state index in [9.17, 15) is 9.90 Å². The van der Waals surface area contributed by atoms with Crippen LogP contribution in [0.4, 0.5) is 0 Å². The maximum atomic E-state index is 12.2. The van der Waals surface area contributed by atoms with Crippen LogP contribution in [-0.4, -0.2) is 37.0 Å². The van der Waals surface area contributed by atoms with Gasteiger partial charge in [-0.2, -0.15) is 0 Å². The molecule has 0 bridgehead atoms. The standard InChI is InChI=1S/C44H80O4/c1-3-5-7-9-11-13-15-17-19-21-22-24-26-28-30-32-34-36-38-40-47-42-43(41-45)48-44(46)39-37-35-33-31-29-27-25-23-20-18-16-14-12-10-8-6-4-2/h6,8,12,14,18,20,25,27,43,45H,3-5,7,9-11,13,15-17,19,21-24,26,28-42H2,1-2H3/b8-6-,14-12-,20-18-,27-25-. The third kappa shape index (κ3) is 38.8. The fraction of sp³-hybridized carbons (Fsp3) is 0.795. The summed E-state index contributed by atoms with van der Waals surface area (Å²) < 4.78 is 11.1. The maximum absolute atomic E-state index is 12.2. The van der Waals surface area contributed by atoms with Crippen LogP contribution in [0.2, 0.25) is 0 Å². The molecule has 48 heavy (non-hydrogen) atoms. The van der Waals surface area contributed by atoms with Crippen molar-refractivity contribution in [3.05, 3.63) is 48.6 Å². The molecule has 0 saturated heterocycles. The number of hydrogen-bond donors (Lipinski definition) is 1. The summed E-state index contributed by atoms with van der Waals surface area (Å²) in [6.45, 7) is 5.23. The van der Waals surface area contributed by atoms with Gasteiger partial charge in [-0.3, -0.25) is 4.79 Å². The average molecular weight is 673 g/mol. The summed E-state index contributed by atoms with van der Waals surface area (Å²) in [5, 5.41) is 9.59. The van der Waals surface area contributed by atoms with E-state index in [-0.39, 0.29) is 19.2 Å². The second-order valence-corrected chi connectivity index (χ2v) is 13.7. The average Bonchev–Trinajstić information content (AvgIpc) is 3.09. The second-order valence-electron chi connectivity index (χ2n) is 13.7. The number of carbonyl (C=O) groups excluding carboxylic acids is 1. The van der Waals surface area contributed by atoms with Crippen molar-refractivity contribution < 1.29 is 19.4 Å². The number of esters is 1. The van der Waals surface area contributed by atoms with Gasteiger partial charge in [0.25, 0.3) is 0 Å². The summed E-state index contributed by atoms with van der Waals surface area (Å²) in [4.78, 5) is 12.2. The maximum Gasteiger partial charge on any atom is 0.306 e. The number of carbonyl (C=O) groups is 1. The van der Waals surface area contributed by atoms with E-state index in [2.05, 4.69) is 62.5 Å². The lowest BCUT2D eigenvalue weighted by Crippen LogP contribution is -2.27. The molecule has 0 fully saturated rings. The van der Waals surface area contributed by atoms with Crippen LogP contribution in [0.25, 0.3) is 0 Å². The van der Waals surface area contributed by atoms with Gasteiger partial charge in [0.15, 0.2) is 0 Å². The third-order valence-electron chi connectivity index (χ3n) is 8.92. The van der Waals surface area contributed by atoms with Gasteiger partial charge in [-0.1, -0.05) is 191 Å². The van der Waals surface area contributed by atoms with Crippen molar-refractivity contribution in [3.8, 4) is 0 Å². The molecule has 0 aromatic heterocycles. The van der Waals surface area contributed by atoms with Crippen molar-refractivity contribution in [2.24, 2.45) is 0 Å². The molecule has 0 amide bonds. The SMILES string of the molecule is CC/C=C\C/C=C\C/C=C\C/C=C\CCCCCCC(=O)OC(CO)COCCCCCCCCCCCCCCCCCCCCC. The molecule has 0 saturated carbocycles. The molecular weight excluding hydrogens is 592 g/mol. The summed E-state index contributed by atoms with van der Waals surface area (Å²) in [5.41, 5.74) is 0. The van der Waals surface area contributed by atoms with Crippen LogP contribution in [0.15, 0.2) is 48.6 Å². The first-order chi connectivity index (χ1) is 23.7. The first-order valence-corrected chi connectivity index (χ1v) is 20.7. The monoisotopic (exact) mass is 673 g/mol. The van der Waals surface area contributed by atoms with Gasteiger partial charge in [-0.15, -0.1) is 0 Å². The van der Waals surface area contributed by atoms with E-state index in [0.29, 0.717) is 13.0 Å². The fourth-order valence-electron chi connectivity index (χ4n) is 5.85. The van der Waals surface area contributed by atoms with Crippen LogP contribution in [-0.2, 0) is 14.3 Å². The Hall–Kier alpha value is -1.65. The molecule has 0 spiro atoms. The number of aliphatic hydroxyl groups is 1. The Morgan fingerprint density at radius 3 is 1.42 bits per heavy atom. The zero-order valence-corrected chi connectivity index (χ0v) is 32.0. The number of unbranched alkanes of at least 4 members (excludes halogenated alkanes) is 22. The number of rotatable bonds is 38. The van der Waals surface area contributed by atoms with Gasteiger partial charge >= 0.3 is 5.97 Å². The lowest BCUT2D eigenvalue weighted by Gasteiger charge is -2.15. The molecule has 4 nitrogen and oxygen atoms in total. The van der Waals surface area contributed by atoms with Gasteiger partial charge < -0.3 is 14.6 Å². The van der Waals surface area contributed by atoms with E-state index >= 15 is 0 Å². The van der Waals surface area contributed by atoms with Gasteiger partial charge in [0.1, 0.15) is 6.10 Å². The van der Waals surface area contributed by atoms with Gasteiger partial charge in [0.05, 0.1) is 13.2 Å². The van der Waals surface area contributed by atoms with E-state index in [0.717, 1.165) is 64.2 Å². The Bertz CT molecular complexity index is 753. The summed E-state index contributed by atoms with van der Waals surface area (Å²) in [5.74, 6) is -0.222. The largest absolute Gasteiger partial charge is 0.457 e. The van der Waals surface area contributed by atoms with Gasteiger partial charge in [-0.05, 0) is 51.4 Å². The molecule has 4 heteroatoms. The molecule has 1 N–H and O–H groups in total. The molecule has 0 aromatic rings. The van der Waals surface area contributed by atoms with Crippen molar-refractivity contribution in [1.82, 2.24) is 0 Å². The third-order valence-corrected chi connectivity index (χ3v) is 8.92. The summed E-state index contributed by atoms with van der Waals surface area (Å²) in [6, 6.07) is 0. The zero-order valence-electron chi connectivity index (χ0n) is 32.0. The van der Waals surface area contributed by atoms with Crippen LogP contribution in [0, 0.1) is 0 Å². The number of aliphatic hydroxyl groups excluding tert-OH is 1. The minimum atomic E-state index is -0.545. The van der Waals surface area contributed by atoms with E-state index in [4.69, 9.17) is 9.47 Å². The predicted molar refractivity (Wildman–Crippen MR) is 210 cm³/mol. The molecule has 0 aliphatic rings. The zero-order chi connectivity index (χ0) is 34.9. The van der Waals surface area contributed by atoms with Crippen LogP contribution in [0.5, 0.6) is 0 Å². The van der Waals surface area contributed by atoms with E-state index in [1.807, 2.05) is 0 Å². The van der Waals surface area contributed by atoms with Crippen LogP contribution < -0.4 is 0 Å². The molecule has 0 rings (SSSR count). The summed E-state index contributed by atoms with van der Waals surface area (Å²) in [7, 11) is 0. The highest BCUT2D eigenvalue weighted by Gasteiger charge is 2.13. The number of ether oxygens (including phenoxy) is 2. The molecule has 0 aliphatic heterocycles. The van der Waals surface area contributed by atoms with Crippen molar-refractivity contribution >= 4 is 5.97 Å². The highest BCUT2D eigenvalue weighted by atomic mass is 16.6. The number of allylic oxidation sites excluding steroid dienone is 8. The Labute approximate surface area is 299 Å². The molecule has 0 aliphatic carbocycles. The molecular formula is C44H80O4. The molecule has 280 valence electrons. The Kier molecular flexibility index (Phi) is 40.1. The highest BCUT2D eigenvalue weighted by molar-refractivity contribution is 5.69. The minimum Gasteiger partial charge on any atom is -0.457 e. The lowest BCUT2D eigenvalue weighted by atomic mass is 10.0. The number of hydrogen-bond acceptors (Lipinski definition) is 4. The molecule has 0 radical (unpaired) electrons. The summed E-state index contributed by atoms with van der Waals surface area (Å²) in [6.07, 6.45) is 53.1. The first-order valence-electron chi connectivity index (χ1n) is 20.7. The first kappa shape index (κ1) is 46.4. The van der Waals surface area contributed by atoms with Gasteiger partial charge in [0, 0.05) is 13.0 Å². The van der Waals surface area contributed by atoms with Crippen molar-refractivity contribution in [2.45, 2.75) is 206 Å². The molecule has 1 unspecified atom stereocenters. The van der Waals surface area contributed by atoms with Crippen molar-refractivity contribution in [1.29, 1.82) is 0 Å². The van der Waals surface area contributed by atoms with Gasteiger partial charge in [-0.25, -0.2) is 0 Å². The Morgan fingerprint density at radius 1 is 0.521 bits per heavy atom. The van der Waals surface area contributed by atoms with E-state index in [1.165, 1.54) is 116 Å². The normalized spacial score (nSPS) is 12.8. The highest BCUT2D eigenvalue weighted by Crippen LogP contribution is 2.15. The Morgan fingerprint density at radius 2 is 0.938 bits per heavy atom. The van der Waals surface area contributed by atoms with Gasteiger partial charge in [0.2, 0.25) is 0 Å². The lowest BCUT2D eigenvalue weighted by molar-refractivity contribution is -0.154. The minimum absolute atomic E-state index is 0.181. The van der Waals surface area contributed by atoms with Crippen molar-refractivity contribution in [3.63, 3.8) is 0 Å². The van der Waals surface area contributed by atoms with Crippen molar-refractivity contribution in [2.75, 3.05) is 19.8 Å². The topological polar surface area (TPSA) is 55.8 Å². The fourth-order valence-corrected chi connectivity index (χ4v) is 5.85. The molecule has 1 atom stereocenters. The predicted octanol–water partition coefficient (Wildman–Crippen LogP) is 13.5. The smallest absolute Gasteiger partial charge is 0.306 e. The van der Waals surface area contributed by atoms with E-state index in [1.54, 1.807) is 0 Å². The van der Waals surface area contributed by atoms with Crippen LogP contribution in [0.1, 0.15) is 200 Å². The molecule has 0 aromatic carbocycles. The molecule has 0 heterocycles. The van der Waals surface area contributed by atoms with Crippen LogP contribution in [0.3, 0.4) is 0 Å².